The summed E-state index contributed by atoms with van der Waals surface area (Å²) in [5.41, 5.74) is -0.133. The van der Waals surface area contributed by atoms with Gasteiger partial charge in [0.1, 0.15) is 0 Å². The van der Waals surface area contributed by atoms with E-state index in [1.165, 1.54) is 0 Å². The average Bonchev–Trinajstić information content (AvgIpc) is 2.36. The molecule has 0 heterocycles. The van der Waals surface area contributed by atoms with Crippen molar-refractivity contribution >= 4 is 55.7 Å². The molecule has 0 saturated carbocycles. The molecule has 0 spiro atoms. The van der Waals surface area contributed by atoms with E-state index in [2.05, 4.69) is 31.6 Å². The first-order valence-corrected chi connectivity index (χ1v) is 9.06. The summed E-state index contributed by atoms with van der Waals surface area (Å²) in [5.74, 6) is 0.605. The second-order valence-electron chi connectivity index (χ2n) is 5.65. The summed E-state index contributed by atoms with van der Waals surface area (Å²) in [4.78, 5) is 4.40. The van der Waals surface area contributed by atoms with E-state index in [9.17, 15) is 8.42 Å². The number of guanidine groups is 1. The predicted octanol–water partition coefficient (Wildman–Crippen LogP) is 2.80. The molecular weight excluding hydrogens is 481 g/mol. The number of nitrogens with zero attached hydrogens (tertiary/aromatic N) is 1. The molecule has 1 aromatic carbocycles. The quantitative estimate of drug-likeness (QED) is 0.376. The standard InChI is InChI=1S/C14H22BrN3O2S.HI/c1-14(2,3)18-13(16-4)17-9-10-21(19,20)12-7-5-11(15)6-8-12;/h5-8H,9-10H2,1-4H3,(H2,16,17,18);1H. The van der Waals surface area contributed by atoms with Gasteiger partial charge in [0.15, 0.2) is 15.8 Å². The predicted molar refractivity (Wildman–Crippen MR) is 106 cm³/mol. The van der Waals surface area contributed by atoms with Crippen LogP contribution in [0.3, 0.4) is 0 Å². The molecule has 0 aromatic heterocycles. The number of sulfone groups is 1. The zero-order valence-electron chi connectivity index (χ0n) is 13.2. The maximum Gasteiger partial charge on any atom is 0.191 e. The summed E-state index contributed by atoms with van der Waals surface area (Å²) in [7, 11) is -1.63. The van der Waals surface area contributed by atoms with Crippen molar-refractivity contribution < 1.29 is 8.42 Å². The summed E-state index contributed by atoms with van der Waals surface area (Å²) in [5, 5.41) is 6.19. The van der Waals surface area contributed by atoms with Crippen molar-refractivity contribution in [1.29, 1.82) is 0 Å². The molecule has 2 N–H and O–H groups in total. The van der Waals surface area contributed by atoms with Crippen LogP contribution in [0.5, 0.6) is 0 Å². The van der Waals surface area contributed by atoms with Gasteiger partial charge < -0.3 is 10.6 Å². The zero-order valence-corrected chi connectivity index (χ0v) is 17.9. The highest BCUT2D eigenvalue weighted by molar-refractivity contribution is 14.0. The van der Waals surface area contributed by atoms with Gasteiger partial charge in [-0.3, -0.25) is 4.99 Å². The average molecular weight is 504 g/mol. The second-order valence-corrected chi connectivity index (χ2v) is 8.67. The lowest BCUT2D eigenvalue weighted by Crippen LogP contribution is -2.48. The Labute approximate surface area is 158 Å². The van der Waals surface area contributed by atoms with Gasteiger partial charge in [-0.15, -0.1) is 24.0 Å². The normalized spacial score (nSPS) is 12.5. The molecule has 22 heavy (non-hydrogen) atoms. The van der Waals surface area contributed by atoms with Crippen LogP contribution in [0, 0.1) is 0 Å². The van der Waals surface area contributed by atoms with Crippen LogP contribution >= 0.6 is 39.9 Å². The van der Waals surface area contributed by atoms with Crippen LogP contribution in [0.15, 0.2) is 38.6 Å². The third-order valence-corrected chi connectivity index (χ3v) is 4.81. The van der Waals surface area contributed by atoms with Gasteiger partial charge in [0.25, 0.3) is 0 Å². The third kappa shape index (κ3) is 7.77. The van der Waals surface area contributed by atoms with Crippen LogP contribution in [0.2, 0.25) is 0 Å². The van der Waals surface area contributed by atoms with Crippen LogP contribution < -0.4 is 10.6 Å². The number of nitrogens with one attached hydrogen (secondary N) is 2. The summed E-state index contributed by atoms with van der Waals surface area (Å²) in [6.07, 6.45) is 0. The number of aliphatic imine (C=N–C) groups is 1. The van der Waals surface area contributed by atoms with Crippen LogP contribution in [-0.4, -0.2) is 39.3 Å². The Morgan fingerprint density at radius 2 is 1.77 bits per heavy atom. The lowest BCUT2D eigenvalue weighted by atomic mass is 10.1. The molecule has 0 saturated heterocycles. The summed E-state index contributed by atoms with van der Waals surface area (Å²) >= 11 is 3.29. The van der Waals surface area contributed by atoms with E-state index in [1.807, 2.05) is 20.8 Å². The Hall–Kier alpha value is -0.350. The molecule has 5 nitrogen and oxygen atoms in total. The van der Waals surface area contributed by atoms with Crippen LogP contribution in [-0.2, 0) is 9.84 Å². The SMILES string of the molecule is CN=C(NCCS(=O)(=O)c1ccc(Br)cc1)NC(C)(C)C.I. The summed E-state index contributed by atoms with van der Waals surface area (Å²) in [6.45, 7) is 6.34. The van der Waals surface area contributed by atoms with Gasteiger partial charge in [-0.05, 0) is 45.0 Å². The minimum atomic E-state index is -3.29. The Bertz CT molecular complexity index is 596. The molecule has 0 amide bonds. The highest BCUT2D eigenvalue weighted by Gasteiger charge is 2.15. The zero-order chi connectivity index (χ0) is 16.1. The number of benzene rings is 1. The second kappa shape index (κ2) is 9.07. The summed E-state index contributed by atoms with van der Waals surface area (Å²) in [6, 6.07) is 6.64. The molecule has 0 unspecified atom stereocenters. The van der Waals surface area contributed by atoms with E-state index in [4.69, 9.17) is 0 Å². The van der Waals surface area contributed by atoms with Gasteiger partial charge in [0.05, 0.1) is 10.6 Å². The highest BCUT2D eigenvalue weighted by atomic mass is 127. The van der Waals surface area contributed by atoms with Crippen LogP contribution in [0.4, 0.5) is 0 Å². The molecule has 1 aromatic rings. The number of hydrogen-bond donors (Lipinski definition) is 2. The van der Waals surface area contributed by atoms with E-state index in [0.717, 1.165) is 4.47 Å². The first-order chi connectivity index (χ1) is 9.64. The monoisotopic (exact) mass is 503 g/mol. The Morgan fingerprint density at radius 1 is 1.23 bits per heavy atom. The van der Waals surface area contributed by atoms with E-state index >= 15 is 0 Å². The molecular formula is C14H23BrIN3O2S. The van der Waals surface area contributed by atoms with Gasteiger partial charge in [-0.25, -0.2) is 8.42 Å². The van der Waals surface area contributed by atoms with E-state index in [0.29, 0.717) is 17.4 Å². The Morgan fingerprint density at radius 3 is 2.23 bits per heavy atom. The van der Waals surface area contributed by atoms with Gasteiger partial charge in [0.2, 0.25) is 0 Å². The maximum absolute atomic E-state index is 12.2. The number of rotatable bonds is 4. The molecule has 126 valence electrons. The molecule has 0 atom stereocenters. The fourth-order valence-corrected chi connectivity index (χ4v) is 3.02. The highest BCUT2D eigenvalue weighted by Crippen LogP contribution is 2.15. The minimum absolute atomic E-state index is 0. The Balaban J connectivity index is 0.00000441. The smallest absolute Gasteiger partial charge is 0.191 e. The first-order valence-electron chi connectivity index (χ1n) is 6.61. The van der Waals surface area contributed by atoms with Crippen molar-refractivity contribution in [3.8, 4) is 0 Å². The van der Waals surface area contributed by atoms with Crippen LogP contribution in [0.25, 0.3) is 0 Å². The van der Waals surface area contributed by atoms with E-state index in [1.54, 1.807) is 31.3 Å². The van der Waals surface area contributed by atoms with Gasteiger partial charge >= 0.3 is 0 Å². The molecule has 0 aliphatic rings. The van der Waals surface area contributed by atoms with Gasteiger partial charge in [0, 0.05) is 23.6 Å². The molecule has 0 radical (unpaired) electrons. The Kier molecular flexibility index (Phi) is 8.93. The van der Waals surface area contributed by atoms with Crippen molar-refractivity contribution in [2.75, 3.05) is 19.3 Å². The fraction of sp³-hybridized carbons (Fsp3) is 0.500. The lowest BCUT2D eigenvalue weighted by molar-refractivity contribution is 0.502. The number of halogens is 2. The molecule has 0 aliphatic carbocycles. The van der Waals surface area contributed by atoms with Gasteiger partial charge in [-0.2, -0.15) is 0 Å². The molecule has 8 heteroatoms. The van der Waals surface area contributed by atoms with Crippen molar-refractivity contribution in [2.24, 2.45) is 4.99 Å². The summed E-state index contributed by atoms with van der Waals surface area (Å²) < 4.78 is 25.2. The fourth-order valence-electron chi connectivity index (χ4n) is 1.60. The van der Waals surface area contributed by atoms with Crippen molar-refractivity contribution in [2.45, 2.75) is 31.2 Å². The largest absolute Gasteiger partial charge is 0.355 e. The van der Waals surface area contributed by atoms with Crippen LogP contribution in [0.1, 0.15) is 20.8 Å². The van der Waals surface area contributed by atoms with Gasteiger partial charge in [-0.1, -0.05) is 15.9 Å². The van der Waals surface area contributed by atoms with Crippen molar-refractivity contribution in [3.05, 3.63) is 28.7 Å². The molecule has 0 fully saturated rings. The molecule has 0 aliphatic heterocycles. The van der Waals surface area contributed by atoms with Crippen molar-refractivity contribution in [3.63, 3.8) is 0 Å². The van der Waals surface area contributed by atoms with E-state index in [-0.39, 0.29) is 35.3 Å². The molecule has 0 bridgehead atoms. The van der Waals surface area contributed by atoms with E-state index < -0.39 is 9.84 Å². The minimum Gasteiger partial charge on any atom is -0.355 e. The lowest BCUT2D eigenvalue weighted by Gasteiger charge is -2.23. The third-order valence-electron chi connectivity index (χ3n) is 2.55. The van der Waals surface area contributed by atoms with Crippen molar-refractivity contribution in [1.82, 2.24) is 10.6 Å². The topological polar surface area (TPSA) is 70.6 Å². The molecule has 1 rings (SSSR count). The maximum atomic E-state index is 12.2. The first kappa shape index (κ1) is 21.6. The number of hydrogen-bond acceptors (Lipinski definition) is 3.